The van der Waals surface area contributed by atoms with Gasteiger partial charge in [-0.3, -0.25) is 0 Å². The van der Waals surface area contributed by atoms with E-state index in [1.807, 2.05) is 42.5 Å². The fourth-order valence-corrected chi connectivity index (χ4v) is 6.04. The van der Waals surface area contributed by atoms with Crippen LogP contribution in [-0.2, 0) is 24.4 Å². The summed E-state index contributed by atoms with van der Waals surface area (Å²) in [6.07, 6.45) is 19.1. The molecule has 0 heterocycles. The van der Waals surface area contributed by atoms with E-state index in [1.54, 1.807) is 26.4 Å². The molecule has 0 bridgehead atoms. The van der Waals surface area contributed by atoms with E-state index in [0.717, 1.165) is 111 Å². The Labute approximate surface area is 341 Å². The number of methoxy groups -OCH3 is 4. The first kappa shape index (κ1) is 45.7. The number of rotatable bonds is 29. The van der Waals surface area contributed by atoms with Gasteiger partial charge in [0.05, 0.1) is 54.9 Å². The highest BCUT2D eigenvalue weighted by Gasteiger charge is 2.08. The summed E-state index contributed by atoms with van der Waals surface area (Å²) in [5.41, 5.74) is 2.80. The minimum Gasteiger partial charge on any atom is -0.493 e. The molecular formula is C45H59BrO10. The van der Waals surface area contributed by atoms with Crippen LogP contribution in [0.15, 0.2) is 66.7 Å². The molecule has 0 N–H and O–H groups in total. The maximum atomic E-state index is 11.3. The summed E-state index contributed by atoms with van der Waals surface area (Å²) in [5.74, 6) is 3.55. The highest BCUT2D eigenvalue weighted by molar-refractivity contribution is 9.08. The van der Waals surface area contributed by atoms with Gasteiger partial charge in [0.1, 0.15) is 11.5 Å². The number of halogens is 1. The Morgan fingerprint density at radius 1 is 0.482 bits per heavy atom. The van der Waals surface area contributed by atoms with Crippen LogP contribution in [0.2, 0.25) is 0 Å². The molecule has 3 aromatic carbocycles. The zero-order chi connectivity index (χ0) is 40.2. The number of hydrogen-bond donors (Lipinski definition) is 0. The number of ether oxygens (including phenoxy) is 8. The van der Waals surface area contributed by atoms with Crippen LogP contribution < -0.4 is 28.4 Å². The molecule has 0 aromatic heterocycles. The van der Waals surface area contributed by atoms with E-state index >= 15 is 0 Å². The predicted octanol–water partition coefficient (Wildman–Crippen LogP) is 10.6. The summed E-state index contributed by atoms with van der Waals surface area (Å²) >= 11 is 3.58. The van der Waals surface area contributed by atoms with Crippen molar-refractivity contribution in [2.24, 2.45) is 0 Å². The lowest BCUT2D eigenvalue weighted by atomic mass is 10.1. The molecule has 3 aromatic rings. The van der Waals surface area contributed by atoms with Crippen LogP contribution in [0.5, 0.6) is 34.5 Å². The lowest BCUT2D eigenvalue weighted by molar-refractivity contribution is -0.135. The standard InChI is InChI=1S/C45H59BrO10/c1-49-42-31-35(19-23-44(47)51-3)17-21-40(42)55-27-15-11-7-5-9-13-25-53-38-29-37(34-46)30-39(33-38)54-26-14-10-6-8-12-16-28-56-41-22-18-36(32-43(41)50-2)20-24-45(48)52-4/h17-24,29-33H,5-16,25-28,34H2,1-4H3. The molecule has 0 aliphatic carbocycles. The fraction of sp³-hybridized carbons (Fsp3) is 0.467. The van der Waals surface area contributed by atoms with Crippen LogP contribution in [0.3, 0.4) is 0 Å². The van der Waals surface area contributed by atoms with Crippen LogP contribution in [0.1, 0.15) is 93.7 Å². The van der Waals surface area contributed by atoms with Crippen molar-refractivity contribution in [3.8, 4) is 34.5 Å². The third kappa shape index (κ3) is 18.3. The quantitative estimate of drug-likeness (QED) is 0.0290. The monoisotopic (exact) mass is 838 g/mol. The average molecular weight is 840 g/mol. The molecule has 0 aliphatic rings. The van der Waals surface area contributed by atoms with E-state index in [-0.39, 0.29) is 0 Å². The van der Waals surface area contributed by atoms with Gasteiger partial charge in [-0.25, -0.2) is 9.59 Å². The summed E-state index contributed by atoms with van der Waals surface area (Å²) in [5, 5.41) is 0.743. The van der Waals surface area contributed by atoms with Crippen molar-refractivity contribution >= 4 is 40.0 Å². The molecule has 0 atom stereocenters. The Balaban J connectivity index is 1.21. The zero-order valence-corrected chi connectivity index (χ0v) is 35.1. The second-order valence-corrected chi connectivity index (χ2v) is 13.7. The fourth-order valence-electron chi connectivity index (χ4n) is 5.72. The molecule has 0 radical (unpaired) electrons. The first-order valence-electron chi connectivity index (χ1n) is 19.5. The first-order valence-corrected chi connectivity index (χ1v) is 20.6. The maximum absolute atomic E-state index is 11.3. The number of unbranched alkanes of at least 4 members (excludes halogenated alkanes) is 10. The Morgan fingerprint density at radius 3 is 1.21 bits per heavy atom. The molecule has 0 aliphatic heterocycles. The molecule has 0 unspecified atom stereocenters. The van der Waals surface area contributed by atoms with Gasteiger partial charge in [0, 0.05) is 23.5 Å². The average Bonchev–Trinajstić information content (AvgIpc) is 3.23. The minimum atomic E-state index is -0.404. The van der Waals surface area contributed by atoms with Crippen molar-refractivity contribution in [2.75, 3.05) is 54.9 Å². The Morgan fingerprint density at radius 2 is 0.857 bits per heavy atom. The third-order valence-corrected chi connectivity index (χ3v) is 9.47. The van der Waals surface area contributed by atoms with Gasteiger partial charge in [0.2, 0.25) is 0 Å². The van der Waals surface area contributed by atoms with Crippen LogP contribution in [0.25, 0.3) is 12.2 Å². The van der Waals surface area contributed by atoms with Crippen molar-refractivity contribution in [3.63, 3.8) is 0 Å². The molecular weight excluding hydrogens is 780 g/mol. The number of alkyl halides is 1. The van der Waals surface area contributed by atoms with E-state index in [1.165, 1.54) is 26.4 Å². The van der Waals surface area contributed by atoms with Gasteiger partial charge in [-0.1, -0.05) is 79.4 Å². The molecule has 56 heavy (non-hydrogen) atoms. The second kappa shape index (κ2) is 27.9. The SMILES string of the molecule is COC(=O)C=Cc1ccc(OCCCCCCCCOc2cc(CBr)cc(OCCCCCCCCOc3ccc(C=CC(=O)OC)cc3OC)c2)c(OC)c1. The van der Waals surface area contributed by atoms with Crippen molar-refractivity contribution in [1.82, 2.24) is 0 Å². The van der Waals surface area contributed by atoms with Gasteiger partial charge in [0.25, 0.3) is 0 Å². The molecule has 11 heteroatoms. The molecule has 0 fully saturated rings. The maximum Gasteiger partial charge on any atom is 0.330 e. The molecule has 306 valence electrons. The van der Waals surface area contributed by atoms with Crippen molar-refractivity contribution in [3.05, 3.63) is 83.4 Å². The normalized spacial score (nSPS) is 11.1. The Hall–Kier alpha value is -4.64. The molecule has 0 saturated carbocycles. The lowest BCUT2D eigenvalue weighted by Crippen LogP contribution is -2.01. The highest BCUT2D eigenvalue weighted by Crippen LogP contribution is 2.30. The number of carbonyl (C=O) groups is 2. The topological polar surface area (TPSA) is 108 Å². The van der Waals surface area contributed by atoms with Gasteiger partial charge in [0.15, 0.2) is 23.0 Å². The third-order valence-electron chi connectivity index (χ3n) is 8.83. The highest BCUT2D eigenvalue weighted by atomic mass is 79.9. The van der Waals surface area contributed by atoms with Crippen molar-refractivity contribution < 1.29 is 47.5 Å². The largest absolute Gasteiger partial charge is 0.493 e. The smallest absolute Gasteiger partial charge is 0.330 e. The molecule has 0 saturated heterocycles. The van der Waals surface area contributed by atoms with Gasteiger partial charge in [-0.2, -0.15) is 0 Å². The molecule has 3 rings (SSSR count). The summed E-state index contributed by atoms with van der Waals surface area (Å²) in [6.45, 7) is 2.61. The van der Waals surface area contributed by atoms with E-state index in [9.17, 15) is 9.59 Å². The predicted molar refractivity (Wildman–Crippen MR) is 225 cm³/mol. The summed E-state index contributed by atoms with van der Waals surface area (Å²) in [4.78, 5) is 22.7. The van der Waals surface area contributed by atoms with Crippen LogP contribution in [0, 0.1) is 0 Å². The van der Waals surface area contributed by atoms with Crippen LogP contribution in [0.4, 0.5) is 0 Å². The summed E-state index contributed by atoms with van der Waals surface area (Å²) in [6, 6.07) is 17.3. The number of hydrogen-bond acceptors (Lipinski definition) is 10. The summed E-state index contributed by atoms with van der Waals surface area (Å²) < 4.78 is 44.3. The van der Waals surface area contributed by atoms with Crippen molar-refractivity contribution in [1.29, 1.82) is 0 Å². The van der Waals surface area contributed by atoms with Gasteiger partial charge < -0.3 is 37.9 Å². The summed E-state index contributed by atoms with van der Waals surface area (Å²) in [7, 11) is 5.91. The molecule has 0 spiro atoms. The van der Waals surface area contributed by atoms with E-state index in [4.69, 9.17) is 28.4 Å². The molecule has 10 nitrogen and oxygen atoms in total. The Kier molecular flexibility index (Phi) is 22.8. The van der Waals surface area contributed by atoms with Crippen LogP contribution >= 0.6 is 15.9 Å². The van der Waals surface area contributed by atoms with Gasteiger partial charge in [-0.15, -0.1) is 0 Å². The van der Waals surface area contributed by atoms with Gasteiger partial charge >= 0.3 is 11.9 Å². The minimum absolute atomic E-state index is 0.404. The lowest BCUT2D eigenvalue weighted by Gasteiger charge is -2.12. The number of benzene rings is 3. The number of esters is 2. The second-order valence-electron chi connectivity index (χ2n) is 13.1. The zero-order valence-electron chi connectivity index (χ0n) is 33.5. The molecule has 0 amide bonds. The first-order chi connectivity index (χ1) is 27.4. The van der Waals surface area contributed by atoms with Crippen LogP contribution in [-0.4, -0.2) is 66.8 Å². The van der Waals surface area contributed by atoms with E-state index in [0.29, 0.717) is 49.4 Å². The number of carbonyl (C=O) groups excluding carboxylic acids is 2. The Bertz CT molecular complexity index is 1540. The van der Waals surface area contributed by atoms with Gasteiger partial charge in [-0.05, 0) is 90.9 Å². The van der Waals surface area contributed by atoms with Crippen molar-refractivity contribution in [2.45, 2.75) is 82.4 Å². The van der Waals surface area contributed by atoms with E-state index in [2.05, 4.69) is 37.5 Å². The van der Waals surface area contributed by atoms with E-state index < -0.39 is 11.9 Å².